The molecule has 2 nitrogen and oxygen atoms in total. The Morgan fingerprint density at radius 1 is 0.462 bits per heavy atom. The molecule has 2 heterocycles. The van der Waals surface area contributed by atoms with Gasteiger partial charge in [0.05, 0.1) is 17.1 Å². The van der Waals surface area contributed by atoms with Gasteiger partial charge < -0.3 is 9.32 Å². The zero-order chi connectivity index (χ0) is 34.6. The molecule has 0 saturated carbocycles. The average molecular weight is 684 g/mol. The van der Waals surface area contributed by atoms with E-state index in [0.29, 0.717) is 0 Å². The van der Waals surface area contributed by atoms with Crippen LogP contribution in [0, 0.1) is 0 Å². The molecule has 2 aromatic heterocycles. The number of para-hydroxylation sites is 2. The lowest BCUT2D eigenvalue weighted by Gasteiger charge is -2.29. The summed E-state index contributed by atoms with van der Waals surface area (Å²) >= 11 is 1.85. The predicted octanol–water partition coefficient (Wildman–Crippen LogP) is 14.6. The highest BCUT2D eigenvalue weighted by atomic mass is 32.1. The molecule has 52 heavy (non-hydrogen) atoms. The standard InChI is InChI=1S/C49H33NOS/c1-49(2)39-19-8-5-16-34(39)38-29-31(26-28-40(38)49)32-14-6-9-20-41(32)50(42-21-12-24-45-46(42)37-17-7-10-23-44(37)52-45)43-22-11-18-35-36-27-25-30-13-3-4-15-33(30)47(36)51-48(35)43/h3-29H,1-2H3. The second kappa shape index (κ2) is 10.9. The Balaban J connectivity index is 1.22. The van der Waals surface area contributed by atoms with Crippen LogP contribution in [0.25, 0.3) is 75.1 Å². The number of rotatable bonds is 4. The molecule has 0 fully saturated rings. The van der Waals surface area contributed by atoms with Crippen LogP contribution in [0.3, 0.4) is 0 Å². The van der Waals surface area contributed by atoms with E-state index >= 15 is 0 Å². The Hall–Kier alpha value is -6.16. The molecule has 0 bridgehead atoms. The summed E-state index contributed by atoms with van der Waals surface area (Å²) in [6.45, 7) is 4.69. The third-order valence-corrected chi connectivity index (χ3v) is 12.4. The molecule has 3 heteroatoms. The highest BCUT2D eigenvalue weighted by Crippen LogP contribution is 2.52. The highest BCUT2D eigenvalue weighted by molar-refractivity contribution is 7.26. The Morgan fingerprint density at radius 2 is 1.12 bits per heavy atom. The van der Waals surface area contributed by atoms with Gasteiger partial charge in [-0.05, 0) is 75.7 Å². The van der Waals surface area contributed by atoms with Crippen molar-refractivity contribution in [3.05, 3.63) is 175 Å². The van der Waals surface area contributed by atoms with Crippen LogP contribution in [0.4, 0.5) is 17.1 Å². The number of thiophene rings is 1. The SMILES string of the molecule is CC1(C)c2ccccc2-c2cc(-c3ccccc3N(c3cccc4c3oc3c5ccccc5ccc43)c3cccc4sc5ccccc5c34)ccc21. The van der Waals surface area contributed by atoms with Gasteiger partial charge in [-0.1, -0.05) is 135 Å². The maximum Gasteiger partial charge on any atom is 0.159 e. The van der Waals surface area contributed by atoms with Gasteiger partial charge in [0.2, 0.25) is 0 Å². The summed E-state index contributed by atoms with van der Waals surface area (Å²) in [5, 5.41) is 7.05. The third kappa shape index (κ3) is 4.11. The molecule has 0 saturated heterocycles. The first-order valence-corrected chi connectivity index (χ1v) is 18.7. The Bertz CT molecular complexity index is 3070. The van der Waals surface area contributed by atoms with Crippen molar-refractivity contribution in [3.63, 3.8) is 0 Å². The van der Waals surface area contributed by atoms with Crippen molar-refractivity contribution in [1.82, 2.24) is 0 Å². The second-order valence-corrected chi connectivity index (χ2v) is 15.5. The lowest BCUT2D eigenvalue weighted by molar-refractivity contribution is 0.660. The van der Waals surface area contributed by atoms with E-state index in [-0.39, 0.29) is 5.41 Å². The minimum atomic E-state index is -0.0488. The lowest BCUT2D eigenvalue weighted by Crippen LogP contribution is -2.14. The summed E-state index contributed by atoms with van der Waals surface area (Å²) in [6, 6.07) is 59.9. The molecule has 0 unspecified atom stereocenters. The zero-order valence-corrected chi connectivity index (χ0v) is 29.7. The van der Waals surface area contributed by atoms with E-state index < -0.39 is 0 Å². The fraction of sp³-hybridized carbons (Fsp3) is 0.0612. The summed E-state index contributed by atoms with van der Waals surface area (Å²) in [4.78, 5) is 2.45. The molecule has 1 aliphatic carbocycles. The highest BCUT2D eigenvalue weighted by Gasteiger charge is 2.35. The van der Waals surface area contributed by atoms with Crippen molar-refractivity contribution in [2.75, 3.05) is 4.90 Å². The smallest absolute Gasteiger partial charge is 0.159 e. The van der Waals surface area contributed by atoms with Gasteiger partial charge in [-0.2, -0.15) is 0 Å². The summed E-state index contributed by atoms with van der Waals surface area (Å²) < 4.78 is 9.58. The lowest BCUT2D eigenvalue weighted by atomic mass is 9.82. The van der Waals surface area contributed by atoms with Crippen molar-refractivity contribution in [2.45, 2.75) is 19.3 Å². The molecule has 0 atom stereocenters. The van der Waals surface area contributed by atoms with Gasteiger partial charge >= 0.3 is 0 Å². The first-order chi connectivity index (χ1) is 25.6. The Kier molecular flexibility index (Phi) is 6.21. The van der Waals surface area contributed by atoms with Gasteiger partial charge in [0.25, 0.3) is 0 Å². The van der Waals surface area contributed by atoms with Gasteiger partial charge in [-0.25, -0.2) is 0 Å². The molecule has 0 spiro atoms. The molecule has 0 radical (unpaired) electrons. The molecule has 0 N–H and O–H groups in total. The van der Waals surface area contributed by atoms with E-state index in [0.717, 1.165) is 44.4 Å². The molecular weight excluding hydrogens is 651 g/mol. The summed E-state index contributed by atoms with van der Waals surface area (Å²) in [5.74, 6) is 0. The van der Waals surface area contributed by atoms with Crippen molar-refractivity contribution >= 4 is 81.3 Å². The maximum atomic E-state index is 7.03. The molecule has 11 rings (SSSR count). The van der Waals surface area contributed by atoms with Gasteiger partial charge in [0.15, 0.2) is 5.58 Å². The normalized spacial score (nSPS) is 13.3. The molecule has 246 valence electrons. The largest absolute Gasteiger partial charge is 0.453 e. The number of benzene rings is 8. The van der Waals surface area contributed by atoms with Crippen LogP contribution in [0.15, 0.2) is 168 Å². The predicted molar refractivity (Wildman–Crippen MR) is 222 cm³/mol. The number of nitrogens with zero attached hydrogens (tertiary/aromatic N) is 1. The van der Waals surface area contributed by atoms with Crippen molar-refractivity contribution in [2.24, 2.45) is 0 Å². The van der Waals surface area contributed by atoms with Gasteiger partial charge in [0, 0.05) is 47.3 Å². The molecule has 0 aliphatic heterocycles. The minimum Gasteiger partial charge on any atom is -0.453 e. The van der Waals surface area contributed by atoms with Crippen LogP contribution in [-0.2, 0) is 5.41 Å². The first kappa shape index (κ1) is 29.6. The summed E-state index contributed by atoms with van der Waals surface area (Å²) in [7, 11) is 0. The van der Waals surface area contributed by atoms with Crippen molar-refractivity contribution in [1.29, 1.82) is 0 Å². The first-order valence-electron chi connectivity index (χ1n) is 17.9. The van der Waals surface area contributed by atoms with Crippen LogP contribution in [0.2, 0.25) is 0 Å². The van der Waals surface area contributed by atoms with Crippen LogP contribution in [0.5, 0.6) is 0 Å². The van der Waals surface area contributed by atoms with E-state index in [9.17, 15) is 0 Å². The average Bonchev–Trinajstić information content (AvgIpc) is 3.84. The molecular formula is C49H33NOS. The van der Waals surface area contributed by atoms with Gasteiger partial charge in [-0.3, -0.25) is 0 Å². The molecule has 1 aliphatic rings. The zero-order valence-electron chi connectivity index (χ0n) is 28.9. The number of hydrogen-bond acceptors (Lipinski definition) is 3. The number of furan rings is 1. The van der Waals surface area contributed by atoms with E-state index in [1.165, 1.54) is 58.9 Å². The fourth-order valence-corrected chi connectivity index (χ4v) is 9.95. The van der Waals surface area contributed by atoms with E-state index in [1.54, 1.807) is 0 Å². The molecule has 8 aromatic carbocycles. The van der Waals surface area contributed by atoms with Crippen LogP contribution in [-0.4, -0.2) is 0 Å². The molecule has 0 amide bonds. The quantitative estimate of drug-likeness (QED) is 0.184. The second-order valence-electron chi connectivity index (χ2n) is 14.5. The summed E-state index contributed by atoms with van der Waals surface area (Å²) in [5.41, 5.74) is 12.8. The Labute approximate surface area is 305 Å². The fourth-order valence-electron chi connectivity index (χ4n) is 8.82. The van der Waals surface area contributed by atoms with Gasteiger partial charge in [0.1, 0.15) is 5.58 Å². The van der Waals surface area contributed by atoms with Crippen LogP contribution < -0.4 is 4.90 Å². The summed E-state index contributed by atoms with van der Waals surface area (Å²) in [6.07, 6.45) is 0. The van der Waals surface area contributed by atoms with Crippen molar-refractivity contribution < 1.29 is 4.42 Å². The van der Waals surface area contributed by atoms with E-state index in [2.05, 4.69) is 183 Å². The van der Waals surface area contributed by atoms with Crippen LogP contribution >= 0.6 is 11.3 Å². The van der Waals surface area contributed by atoms with Gasteiger partial charge in [-0.15, -0.1) is 11.3 Å². The van der Waals surface area contributed by atoms with Crippen LogP contribution in [0.1, 0.15) is 25.0 Å². The van der Waals surface area contributed by atoms with Crippen molar-refractivity contribution in [3.8, 4) is 22.3 Å². The topological polar surface area (TPSA) is 16.4 Å². The number of hydrogen-bond donors (Lipinski definition) is 0. The maximum absolute atomic E-state index is 7.03. The number of anilines is 3. The molecule has 10 aromatic rings. The third-order valence-electron chi connectivity index (χ3n) is 11.3. The van der Waals surface area contributed by atoms with E-state index in [4.69, 9.17) is 4.42 Å². The minimum absolute atomic E-state index is 0.0488. The Morgan fingerprint density at radius 3 is 2.04 bits per heavy atom. The monoisotopic (exact) mass is 683 g/mol. The van der Waals surface area contributed by atoms with E-state index in [1.807, 2.05) is 11.3 Å². The number of fused-ring (bicyclic) bond motifs is 11.